The van der Waals surface area contributed by atoms with Gasteiger partial charge in [0.25, 0.3) is 0 Å². The lowest BCUT2D eigenvalue weighted by Gasteiger charge is -2.30. The van der Waals surface area contributed by atoms with Gasteiger partial charge in [-0.05, 0) is 36.0 Å². The lowest BCUT2D eigenvalue weighted by molar-refractivity contribution is -0.207. The van der Waals surface area contributed by atoms with Crippen LogP contribution in [-0.4, -0.2) is 13.2 Å². The van der Waals surface area contributed by atoms with Crippen molar-refractivity contribution in [2.24, 2.45) is 5.92 Å². The third-order valence-electron chi connectivity index (χ3n) is 7.27. The van der Waals surface area contributed by atoms with E-state index in [0.717, 1.165) is 44.9 Å². The van der Waals surface area contributed by atoms with Crippen molar-refractivity contribution in [3.8, 4) is 22.3 Å². The molecule has 0 spiro atoms. The summed E-state index contributed by atoms with van der Waals surface area (Å²) < 4.78 is 71.0. The van der Waals surface area contributed by atoms with Crippen LogP contribution in [0.25, 0.3) is 22.3 Å². The molecule has 2 nitrogen and oxygen atoms in total. The Morgan fingerprint density at radius 2 is 1.18 bits per heavy atom. The van der Waals surface area contributed by atoms with E-state index in [4.69, 9.17) is 9.47 Å². The Kier molecular flexibility index (Phi) is 9.97. The van der Waals surface area contributed by atoms with Gasteiger partial charge in [0.1, 0.15) is 0 Å². The number of halogens is 4. The van der Waals surface area contributed by atoms with Gasteiger partial charge in [-0.25, -0.2) is 17.6 Å². The Balaban J connectivity index is 1.47. The Morgan fingerprint density at radius 1 is 0.632 bits per heavy atom. The van der Waals surface area contributed by atoms with E-state index in [1.54, 1.807) is 36.4 Å². The fraction of sp³-hybridized carbons (Fsp3) is 0.438. The zero-order chi connectivity index (χ0) is 27.1. The highest BCUT2D eigenvalue weighted by molar-refractivity contribution is 5.71. The maximum atomic E-state index is 15.1. The number of hydrogen-bond donors (Lipinski definition) is 0. The summed E-state index contributed by atoms with van der Waals surface area (Å²) in [6.45, 7) is 5.11. The second-order valence-corrected chi connectivity index (χ2v) is 10.1. The minimum Gasteiger partial charge on any atom is -0.348 e. The molecule has 0 bridgehead atoms. The fourth-order valence-corrected chi connectivity index (χ4v) is 4.94. The largest absolute Gasteiger partial charge is 0.348 e. The number of unbranched alkanes of at least 4 members (excludes halogenated alkanes) is 4. The normalized spacial score (nSPS) is 17.6. The molecule has 1 heterocycles. The lowest BCUT2D eigenvalue weighted by Crippen LogP contribution is -2.27. The van der Waals surface area contributed by atoms with Gasteiger partial charge in [0.15, 0.2) is 29.6 Å². The summed E-state index contributed by atoms with van der Waals surface area (Å²) in [5.41, 5.74) is 1.49. The molecule has 0 aliphatic carbocycles. The highest BCUT2D eigenvalue weighted by Gasteiger charge is 2.28. The molecule has 38 heavy (non-hydrogen) atoms. The van der Waals surface area contributed by atoms with Gasteiger partial charge in [-0.1, -0.05) is 94.5 Å². The standard InChI is InChI=1S/C32H36F4O2/c1-3-5-7-9-21-19-37-32(38-20-21)27-18-17-26(30(35)31(27)36)23-13-11-22(12-14-23)25-16-15-24(10-8-6-4-2)28(33)29(25)34/h11-18,21,32H,3-10,19-20H2,1-2H3. The van der Waals surface area contributed by atoms with E-state index >= 15 is 8.78 Å². The van der Waals surface area contributed by atoms with Crippen molar-refractivity contribution in [2.75, 3.05) is 13.2 Å². The molecule has 3 aromatic carbocycles. The van der Waals surface area contributed by atoms with Crippen molar-refractivity contribution >= 4 is 0 Å². The minimum absolute atomic E-state index is 0.0338. The molecule has 1 fully saturated rings. The van der Waals surface area contributed by atoms with E-state index in [1.807, 2.05) is 0 Å². The molecule has 204 valence electrons. The van der Waals surface area contributed by atoms with Gasteiger partial charge in [0.05, 0.1) is 13.2 Å². The van der Waals surface area contributed by atoms with Crippen molar-refractivity contribution in [1.29, 1.82) is 0 Å². The van der Waals surface area contributed by atoms with Crippen molar-refractivity contribution in [3.63, 3.8) is 0 Å². The molecule has 0 atom stereocenters. The summed E-state index contributed by atoms with van der Waals surface area (Å²) in [4.78, 5) is 0. The molecule has 4 rings (SSSR count). The molecule has 0 unspecified atom stereocenters. The average molecular weight is 529 g/mol. The minimum atomic E-state index is -1.01. The van der Waals surface area contributed by atoms with Crippen LogP contribution in [-0.2, 0) is 15.9 Å². The predicted molar refractivity (Wildman–Crippen MR) is 143 cm³/mol. The van der Waals surface area contributed by atoms with E-state index in [2.05, 4.69) is 13.8 Å². The first kappa shape index (κ1) is 28.3. The van der Waals surface area contributed by atoms with Crippen molar-refractivity contribution < 1.29 is 27.0 Å². The van der Waals surface area contributed by atoms with Crippen molar-refractivity contribution in [2.45, 2.75) is 71.5 Å². The van der Waals surface area contributed by atoms with Gasteiger partial charge in [-0.2, -0.15) is 0 Å². The quantitative estimate of drug-likeness (QED) is 0.182. The zero-order valence-electron chi connectivity index (χ0n) is 22.2. The maximum absolute atomic E-state index is 15.1. The molecular formula is C32H36F4O2. The molecule has 1 saturated heterocycles. The molecule has 0 aromatic heterocycles. The first-order chi connectivity index (χ1) is 18.4. The second-order valence-electron chi connectivity index (χ2n) is 10.1. The van der Waals surface area contributed by atoms with Crippen molar-refractivity contribution in [3.05, 3.63) is 82.9 Å². The first-order valence-electron chi connectivity index (χ1n) is 13.7. The summed E-state index contributed by atoms with van der Waals surface area (Å²) >= 11 is 0. The summed E-state index contributed by atoms with van der Waals surface area (Å²) in [5, 5.41) is 0. The summed E-state index contributed by atoms with van der Waals surface area (Å²) in [5.74, 6) is -3.47. The molecule has 0 radical (unpaired) electrons. The molecule has 1 aliphatic heterocycles. The van der Waals surface area contributed by atoms with Crippen LogP contribution in [0.2, 0.25) is 0 Å². The number of benzene rings is 3. The predicted octanol–water partition coefficient (Wildman–Crippen LogP) is 9.55. The van der Waals surface area contributed by atoms with Gasteiger partial charge < -0.3 is 9.47 Å². The summed E-state index contributed by atoms with van der Waals surface area (Å²) in [7, 11) is 0. The van der Waals surface area contributed by atoms with Crippen LogP contribution in [0.15, 0.2) is 48.5 Å². The second kappa shape index (κ2) is 13.4. The fourth-order valence-electron chi connectivity index (χ4n) is 4.94. The van der Waals surface area contributed by atoms with E-state index in [0.29, 0.717) is 36.3 Å². The van der Waals surface area contributed by atoms with E-state index in [1.165, 1.54) is 12.1 Å². The van der Waals surface area contributed by atoms with Gasteiger partial charge >= 0.3 is 0 Å². The maximum Gasteiger partial charge on any atom is 0.186 e. The molecular weight excluding hydrogens is 492 g/mol. The van der Waals surface area contributed by atoms with Crippen LogP contribution in [0.4, 0.5) is 17.6 Å². The number of rotatable bonds is 11. The molecule has 0 saturated carbocycles. The highest BCUT2D eigenvalue weighted by Crippen LogP contribution is 2.35. The summed E-state index contributed by atoms with van der Waals surface area (Å²) in [6.07, 6.45) is 6.70. The van der Waals surface area contributed by atoms with E-state index in [-0.39, 0.29) is 22.6 Å². The molecule has 3 aromatic rings. The highest BCUT2D eigenvalue weighted by atomic mass is 19.2. The van der Waals surface area contributed by atoms with E-state index < -0.39 is 29.6 Å². The van der Waals surface area contributed by atoms with Gasteiger partial charge in [0, 0.05) is 22.6 Å². The Hall–Kier alpha value is -2.70. The van der Waals surface area contributed by atoms with Gasteiger partial charge in [-0.3, -0.25) is 0 Å². The molecule has 1 aliphatic rings. The SMILES string of the molecule is CCCCCc1ccc(-c2ccc(-c3ccc(C4OCC(CCCCC)CO4)c(F)c3F)cc2)c(F)c1F. The number of hydrogen-bond acceptors (Lipinski definition) is 2. The molecule has 0 N–H and O–H groups in total. The van der Waals surface area contributed by atoms with E-state index in [9.17, 15) is 8.78 Å². The molecule has 0 amide bonds. The van der Waals surface area contributed by atoms with Crippen LogP contribution in [0.3, 0.4) is 0 Å². The number of ether oxygens (including phenoxy) is 2. The zero-order valence-corrected chi connectivity index (χ0v) is 22.2. The van der Waals surface area contributed by atoms with Crippen LogP contribution in [0, 0.1) is 29.2 Å². The Labute approximate surface area is 223 Å². The smallest absolute Gasteiger partial charge is 0.186 e. The average Bonchev–Trinajstić information content (AvgIpc) is 2.94. The topological polar surface area (TPSA) is 18.5 Å². The van der Waals surface area contributed by atoms with Gasteiger partial charge in [0.2, 0.25) is 0 Å². The third-order valence-corrected chi connectivity index (χ3v) is 7.27. The Morgan fingerprint density at radius 3 is 1.79 bits per heavy atom. The number of aryl methyl sites for hydroxylation is 1. The Bertz CT molecular complexity index is 1200. The third kappa shape index (κ3) is 6.47. The monoisotopic (exact) mass is 528 g/mol. The lowest BCUT2D eigenvalue weighted by atomic mass is 9.96. The first-order valence-corrected chi connectivity index (χ1v) is 13.7. The van der Waals surface area contributed by atoms with Gasteiger partial charge in [-0.15, -0.1) is 0 Å². The van der Waals surface area contributed by atoms with Crippen LogP contribution < -0.4 is 0 Å². The van der Waals surface area contributed by atoms with Crippen molar-refractivity contribution in [1.82, 2.24) is 0 Å². The van der Waals surface area contributed by atoms with Crippen LogP contribution in [0.5, 0.6) is 0 Å². The van der Waals surface area contributed by atoms with Crippen LogP contribution >= 0.6 is 0 Å². The molecule has 6 heteroatoms. The van der Waals surface area contributed by atoms with Crippen LogP contribution in [0.1, 0.15) is 76.2 Å². The summed E-state index contributed by atoms with van der Waals surface area (Å²) in [6, 6.07) is 12.5.